The van der Waals surface area contributed by atoms with Crippen molar-refractivity contribution in [3.63, 3.8) is 0 Å². The number of ether oxygens (including phenoxy) is 1. The number of nitrogens with zero attached hydrogens (tertiary/aromatic N) is 2. The number of nitro benzene ring substituents is 1. The van der Waals surface area contributed by atoms with Gasteiger partial charge >= 0.3 is 5.97 Å². The van der Waals surface area contributed by atoms with Gasteiger partial charge in [0.05, 0.1) is 18.5 Å². The van der Waals surface area contributed by atoms with Crippen LogP contribution in [0.15, 0.2) is 36.9 Å². The van der Waals surface area contributed by atoms with E-state index < -0.39 is 22.8 Å². The van der Waals surface area contributed by atoms with Crippen molar-refractivity contribution in [2.24, 2.45) is 0 Å². The van der Waals surface area contributed by atoms with Crippen molar-refractivity contribution < 1.29 is 19.2 Å². The van der Waals surface area contributed by atoms with E-state index in [9.17, 15) is 19.7 Å². The Morgan fingerprint density at radius 1 is 1.48 bits per heavy atom. The molecular weight excluding hydrogens is 302 g/mol. The predicted octanol–water partition coefficient (Wildman–Crippen LogP) is 1.58. The third-order valence-electron chi connectivity index (χ3n) is 3.20. The maximum Gasteiger partial charge on any atom is 0.307 e. The lowest BCUT2D eigenvalue weighted by molar-refractivity contribution is -0.383. The number of nitrogens with one attached hydrogen (secondary N) is 1. The average Bonchev–Trinajstić information content (AvgIpc) is 2.52. The van der Waals surface area contributed by atoms with E-state index in [0.717, 1.165) is 0 Å². The third-order valence-corrected chi connectivity index (χ3v) is 3.20. The first kappa shape index (κ1) is 18.3. The smallest absolute Gasteiger partial charge is 0.307 e. The van der Waals surface area contributed by atoms with Crippen LogP contribution < -0.4 is 5.32 Å². The fourth-order valence-corrected chi connectivity index (χ4v) is 1.98. The van der Waals surface area contributed by atoms with Crippen LogP contribution in [0.25, 0.3) is 0 Å². The minimum absolute atomic E-state index is 0.0735. The van der Waals surface area contributed by atoms with Gasteiger partial charge in [0.1, 0.15) is 11.7 Å². The van der Waals surface area contributed by atoms with Crippen LogP contribution in [0.1, 0.15) is 6.42 Å². The van der Waals surface area contributed by atoms with E-state index in [1.165, 1.54) is 25.3 Å². The number of carbonyl (C=O) groups excluding carboxylic acids is 2. The molecule has 1 atom stereocenters. The molecule has 0 radical (unpaired) electrons. The lowest BCUT2D eigenvalue weighted by Crippen LogP contribution is -2.43. The molecule has 23 heavy (non-hydrogen) atoms. The van der Waals surface area contributed by atoms with Gasteiger partial charge in [-0.25, -0.2) is 0 Å². The van der Waals surface area contributed by atoms with Crippen molar-refractivity contribution in [3.05, 3.63) is 47.0 Å². The van der Waals surface area contributed by atoms with Crippen molar-refractivity contribution in [1.82, 2.24) is 4.90 Å². The molecule has 8 heteroatoms. The van der Waals surface area contributed by atoms with Gasteiger partial charge in [-0.1, -0.05) is 18.2 Å². The highest BCUT2D eigenvalue weighted by Crippen LogP contribution is 2.23. The number of rotatable bonds is 8. The summed E-state index contributed by atoms with van der Waals surface area (Å²) in [5, 5.41) is 13.5. The third kappa shape index (κ3) is 5.19. The summed E-state index contributed by atoms with van der Waals surface area (Å²) in [5.41, 5.74) is -0.145. The number of esters is 1. The number of methoxy groups -OCH3 is 1. The van der Waals surface area contributed by atoms with E-state index in [-0.39, 0.29) is 17.8 Å². The molecule has 0 bridgehead atoms. The summed E-state index contributed by atoms with van der Waals surface area (Å²) < 4.78 is 4.59. The standard InChI is InChI=1S/C15H19N3O5/c1-4-9-17(2)13(10-14(19)23-3)15(20)16-11-7-5-6-8-12(11)18(21)22/h4-8,13H,1,9-10H2,2-3H3,(H,16,20)/t13-/m0/s1. The molecule has 1 N–H and O–H groups in total. The molecule has 0 saturated heterocycles. The van der Waals surface area contributed by atoms with Gasteiger partial charge in [-0.15, -0.1) is 6.58 Å². The first-order chi connectivity index (χ1) is 10.9. The van der Waals surface area contributed by atoms with Crippen LogP contribution in [0, 0.1) is 10.1 Å². The largest absolute Gasteiger partial charge is 0.469 e. The highest BCUT2D eigenvalue weighted by molar-refractivity contribution is 5.98. The molecule has 0 unspecified atom stereocenters. The molecule has 0 aromatic heterocycles. The zero-order valence-electron chi connectivity index (χ0n) is 13.0. The Morgan fingerprint density at radius 3 is 2.70 bits per heavy atom. The molecule has 1 amide bonds. The lowest BCUT2D eigenvalue weighted by Gasteiger charge is -2.25. The number of amides is 1. The molecule has 8 nitrogen and oxygen atoms in total. The Hall–Kier alpha value is -2.74. The highest BCUT2D eigenvalue weighted by atomic mass is 16.6. The quantitative estimate of drug-likeness (QED) is 0.337. The zero-order valence-corrected chi connectivity index (χ0v) is 13.0. The van der Waals surface area contributed by atoms with Gasteiger partial charge < -0.3 is 10.1 Å². The molecule has 1 aromatic carbocycles. The lowest BCUT2D eigenvalue weighted by atomic mass is 10.1. The Bertz CT molecular complexity index is 603. The van der Waals surface area contributed by atoms with E-state index in [4.69, 9.17) is 0 Å². The Balaban J connectivity index is 2.99. The van der Waals surface area contributed by atoms with Crippen molar-refractivity contribution in [3.8, 4) is 0 Å². The van der Waals surface area contributed by atoms with Gasteiger partial charge in [0.15, 0.2) is 0 Å². The van der Waals surface area contributed by atoms with Crippen LogP contribution >= 0.6 is 0 Å². The van der Waals surface area contributed by atoms with Gasteiger partial charge in [-0.3, -0.25) is 24.6 Å². The molecule has 0 aliphatic rings. The molecule has 124 valence electrons. The Kier molecular flexibility index (Phi) is 6.88. The summed E-state index contributed by atoms with van der Waals surface area (Å²) in [4.78, 5) is 35.9. The molecule has 0 fully saturated rings. The number of likely N-dealkylation sites (N-methyl/N-ethyl adjacent to an activating group) is 1. The second-order valence-electron chi connectivity index (χ2n) is 4.79. The number of nitro groups is 1. The van der Waals surface area contributed by atoms with Crippen LogP contribution in [0.2, 0.25) is 0 Å². The van der Waals surface area contributed by atoms with Crippen LogP contribution in [0.4, 0.5) is 11.4 Å². The van der Waals surface area contributed by atoms with Crippen molar-refractivity contribution >= 4 is 23.3 Å². The monoisotopic (exact) mass is 321 g/mol. The van der Waals surface area contributed by atoms with E-state index in [1.807, 2.05) is 0 Å². The van der Waals surface area contributed by atoms with Crippen molar-refractivity contribution in [2.45, 2.75) is 12.5 Å². The first-order valence-corrected chi connectivity index (χ1v) is 6.83. The van der Waals surface area contributed by atoms with Crippen LogP contribution in [-0.4, -0.2) is 48.4 Å². The van der Waals surface area contributed by atoms with Crippen LogP contribution in [0.3, 0.4) is 0 Å². The second-order valence-corrected chi connectivity index (χ2v) is 4.79. The van der Waals surface area contributed by atoms with Gasteiger partial charge in [0.2, 0.25) is 5.91 Å². The van der Waals surface area contributed by atoms with Gasteiger partial charge in [0, 0.05) is 12.6 Å². The number of hydrogen-bond acceptors (Lipinski definition) is 6. The minimum Gasteiger partial charge on any atom is -0.469 e. The predicted molar refractivity (Wildman–Crippen MR) is 85.0 cm³/mol. The van der Waals surface area contributed by atoms with Crippen molar-refractivity contribution in [2.75, 3.05) is 26.0 Å². The summed E-state index contributed by atoms with van der Waals surface area (Å²) in [6.07, 6.45) is 1.41. The van der Waals surface area contributed by atoms with Gasteiger partial charge in [-0.05, 0) is 13.1 Å². The molecule has 1 rings (SSSR count). The zero-order chi connectivity index (χ0) is 17.4. The minimum atomic E-state index is -0.833. The molecular formula is C15H19N3O5. The normalized spacial score (nSPS) is 11.6. The topological polar surface area (TPSA) is 102 Å². The van der Waals surface area contributed by atoms with E-state index in [1.54, 1.807) is 24.1 Å². The average molecular weight is 321 g/mol. The SMILES string of the molecule is C=CCN(C)[C@@H](CC(=O)OC)C(=O)Nc1ccccc1[N+](=O)[O-]. The number of benzene rings is 1. The highest BCUT2D eigenvalue weighted by Gasteiger charge is 2.27. The maximum absolute atomic E-state index is 12.4. The summed E-state index contributed by atoms with van der Waals surface area (Å²) in [7, 11) is 2.88. The first-order valence-electron chi connectivity index (χ1n) is 6.83. The summed E-state index contributed by atoms with van der Waals surface area (Å²) in [5.74, 6) is -1.09. The molecule has 0 spiro atoms. The Labute approximate surface area is 133 Å². The summed E-state index contributed by atoms with van der Waals surface area (Å²) in [6.45, 7) is 3.95. The van der Waals surface area contributed by atoms with Gasteiger partial charge in [-0.2, -0.15) is 0 Å². The number of hydrogen-bond donors (Lipinski definition) is 1. The van der Waals surface area contributed by atoms with Gasteiger partial charge in [0.25, 0.3) is 5.69 Å². The van der Waals surface area contributed by atoms with Crippen LogP contribution in [-0.2, 0) is 14.3 Å². The van der Waals surface area contributed by atoms with Crippen molar-refractivity contribution in [1.29, 1.82) is 0 Å². The summed E-state index contributed by atoms with van der Waals surface area (Å²) in [6, 6.07) is 4.96. The molecule has 0 aliphatic heterocycles. The van der Waals surface area contributed by atoms with E-state index >= 15 is 0 Å². The van der Waals surface area contributed by atoms with E-state index in [0.29, 0.717) is 6.54 Å². The fourth-order valence-electron chi connectivity index (χ4n) is 1.98. The number of carbonyl (C=O) groups is 2. The molecule has 0 aliphatic carbocycles. The second kappa shape index (κ2) is 8.64. The molecule has 1 aromatic rings. The fraction of sp³-hybridized carbons (Fsp3) is 0.333. The summed E-state index contributed by atoms with van der Waals surface area (Å²) >= 11 is 0. The molecule has 0 heterocycles. The molecule has 0 saturated carbocycles. The van der Waals surface area contributed by atoms with E-state index in [2.05, 4.69) is 16.6 Å². The number of anilines is 1. The maximum atomic E-state index is 12.4. The number of para-hydroxylation sites is 2. The Morgan fingerprint density at radius 2 is 2.13 bits per heavy atom. The van der Waals surface area contributed by atoms with Crippen LogP contribution in [0.5, 0.6) is 0 Å².